The van der Waals surface area contributed by atoms with Crippen molar-refractivity contribution in [2.75, 3.05) is 30.8 Å². The van der Waals surface area contributed by atoms with Crippen LogP contribution in [0.5, 0.6) is 5.75 Å². The Hall–Kier alpha value is -2.78. The minimum absolute atomic E-state index is 0.0686. The molecule has 0 aliphatic heterocycles. The van der Waals surface area contributed by atoms with E-state index in [0.29, 0.717) is 29.4 Å². The van der Waals surface area contributed by atoms with Crippen molar-refractivity contribution in [3.05, 3.63) is 59.1 Å². The van der Waals surface area contributed by atoms with Crippen LogP contribution in [0, 0.1) is 0 Å². The molecule has 0 fully saturated rings. The number of ether oxygens (including phenoxy) is 1. The van der Waals surface area contributed by atoms with E-state index in [1.165, 1.54) is 11.4 Å². The number of hydrogen-bond donors (Lipinski definition) is 1. The van der Waals surface area contributed by atoms with Crippen LogP contribution in [0.25, 0.3) is 0 Å². The molecule has 0 aliphatic carbocycles. The molecule has 2 aromatic carbocycles. The summed E-state index contributed by atoms with van der Waals surface area (Å²) < 4.78 is 31.5. The van der Waals surface area contributed by atoms with Crippen molar-refractivity contribution >= 4 is 39.1 Å². The minimum Gasteiger partial charge on any atom is -0.497 e. The molecule has 2 amide bonds. The molecule has 204 valence electrons. The zero-order chi connectivity index (χ0) is 27.4. The highest BCUT2D eigenvalue weighted by Crippen LogP contribution is 2.24. The fraction of sp³-hybridized carbons (Fsp3) is 0.481. The molecule has 10 heteroatoms. The van der Waals surface area contributed by atoms with E-state index in [9.17, 15) is 18.0 Å². The predicted molar refractivity (Wildman–Crippen MR) is 148 cm³/mol. The first-order valence-electron chi connectivity index (χ1n) is 12.5. The van der Waals surface area contributed by atoms with Crippen molar-refractivity contribution in [1.29, 1.82) is 0 Å². The number of amides is 2. The minimum atomic E-state index is -3.59. The first-order valence-corrected chi connectivity index (χ1v) is 14.8. The number of hydrogen-bond acceptors (Lipinski definition) is 5. The number of anilines is 1. The van der Waals surface area contributed by atoms with E-state index in [0.717, 1.165) is 24.7 Å². The lowest BCUT2D eigenvalue weighted by molar-refractivity contribution is -0.141. The van der Waals surface area contributed by atoms with Gasteiger partial charge in [0.2, 0.25) is 21.8 Å². The molecular weight excluding hydrogens is 514 g/mol. The van der Waals surface area contributed by atoms with Gasteiger partial charge in [-0.25, -0.2) is 8.42 Å². The Morgan fingerprint density at radius 3 is 2.43 bits per heavy atom. The number of carbonyl (C=O) groups is 2. The van der Waals surface area contributed by atoms with E-state index in [-0.39, 0.29) is 37.7 Å². The Kier molecular flexibility index (Phi) is 12.2. The Labute approximate surface area is 226 Å². The average Bonchev–Trinajstić information content (AvgIpc) is 2.86. The summed E-state index contributed by atoms with van der Waals surface area (Å²) in [5.74, 6) is 0.0926. The molecular formula is C27H38ClN3O5S. The number of rotatable bonds is 15. The van der Waals surface area contributed by atoms with Crippen LogP contribution in [0.3, 0.4) is 0 Å². The summed E-state index contributed by atoms with van der Waals surface area (Å²) in [5, 5.41) is 3.45. The number of sulfonamides is 1. The quantitative estimate of drug-likeness (QED) is 0.326. The number of methoxy groups -OCH3 is 1. The Bertz CT molecular complexity index is 1140. The van der Waals surface area contributed by atoms with Gasteiger partial charge in [0.15, 0.2) is 0 Å². The second kappa shape index (κ2) is 14.8. The third-order valence-electron chi connectivity index (χ3n) is 6.01. The lowest BCUT2D eigenvalue weighted by Gasteiger charge is -2.31. The molecule has 37 heavy (non-hydrogen) atoms. The third-order valence-corrected chi connectivity index (χ3v) is 7.57. The summed E-state index contributed by atoms with van der Waals surface area (Å²) >= 11 is 6.37. The summed E-state index contributed by atoms with van der Waals surface area (Å²) in [4.78, 5) is 28.0. The second-order valence-corrected chi connectivity index (χ2v) is 11.1. The monoisotopic (exact) mass is 551 g/mol. The van der Waals surface area contributed by atoms with Gasteiger partial charge in [-0.15, -0.1) is 0 Å². The van der Waals surface area contributed by atoms with Gasteiger partial charge in [0.25, 0.3) is 0 Å². The number of halogens is 1. The molecule has 2 rings (SSSR count). The highest BCUT2D eigenvalue weighted by atomic mass is 35.5. The van der Waals surface area contributed by atoms with Crippen LogP contribution in [0.15, 0.2) is 48.5 Å². The molecule has 0 heterocycles. The predicted octanol–water partition coefficient (Wildman–Crippen LogP) is 4.62. The lowest BCUT2D eigenvalue weighted by Crippen LogP contribution is -2.49. The Morgan fingerprint density at radius 1 is 1.08 bits per heavy atom. The fourth-order valence-electron chi connectivity index (χ4n) is 4.01. The van der Waals surface area contributed by atoms with Crippen molar-refractivity contribution in [2.45, 2.75) is 58.5 Å². The SMILES string of the molecule is CCCCNC(=O)C(CC)N(Cc1ccccc1Cl)C(=O)CCCN(c1cccc(OC)c1)S(C)(=O)=O. The van der Waals surface area contributed by atoms with Crippen LogP contribution < -0.4 is 14.4 Å². The van der Waals surface area contributed by atoms with Crippen molar-refractivity contribution in [2.24, 2.45) is 0 Å². The maximum atomic E-state index is 13.5. The van der Waals surface area contributed by atoms with Gasteiger partial charge >= 0.3 is 0 Å². The maximum Gasteiger partial charge on any atom is 0.242 e. The number of nitrogens with zero attached hydrogens (tertiary/aromatic N) is 2. The zero-order valence-corrected chi connectivity index (χ0v) is 23.6. The largest absolute Gasteiger partial charge is 0.497 e. The summed E-state index contributed by atoms with van der Waals surface area (Å²) in [7, 11) is -2.08. The van der Waals surface area contributed by atoms with Gasteiger partial charge in [0.1, 0.15) is 11.8 Å². The van der Waals surface area contributed by atoms with Crippen LogP contribution in [-0.4, -0.2) is 57.6 Å². The van der Waals surface area contributed by atoms with E-state index in [2.05, 4.69) is 5.32 Å². The zero-order valence-electron chi connectivity index (χ0n) is 22.1. The standard InChI is InChI=1S/C27H38ClN3O5S/c1-5-7-17-29-27(33)25(6-2)30(20-21-12-8-9-15-24(21)28)26(32)16-11-18-31(37(4,34)35)22-13-10-14-23(19-22)36-3/h8-10,12-15,19,25H,5-7,11,16-18,20H2,1-4H3,(H,29,33). The molecule has 0 bridgehead atoms. The van der Waals surface area contributed by atoms with Gasteiger partial charge < -0.3 is 15.0 Å². The number of benzene rings is 2. The Balaban J connectivity index is 2.22. The summed E-state index contributed by atoms with van der Waals surface area (Å²) in [6.45, 7) is 4.75. The van der Waals surface area contributed by atoms with Gasteiger partial charge in [-0.2, -0.15) is 0 Å². The lowest BCUT2D eigenvalue weighted by atomic mass is 10.1. The van der Waals surface area contributed by atoms with E-state index in [1.54, 1.807) is 35.2 Å². The van der Waals surface area contributed by atoms with Crippen molar-refractivity contribution in [1.82, 2.24) is 10.2 Å². The van der Waals surface area contributed by atoms with Gasteiger partial charge in [-0.05, 0) is 43.0 Å². The molecule has 0 spiro atoms. The number of nitrogens with one attached hydrogen (secondary N) is 1. The first-order chi connectivity index (χ1) is 17.6. The molecule has 2 aromatic rings. The van der Waals surface area contributed by atoms with Gasteiger partial charge in [0.05, 0.1) is 19.1 Å². The maximum absolute atomic E-state index is 13.5. The molecule has 1 unspecified atom stereocenters. The molecule has 0 saturated heterocycles. The van der Waals surface area contributed by atoms with E-state index in [4.69, 9.17) is 16.3 Å². The molecule has 1 N–H and O–H groups in total. The average molecular weight is 552 g/mol. The normalized spacial score (nSPS) is 12.0. The smallest absolute Gasteiger partial charge is 0.242 e. The molecule has 0 aromatic heterocycles. The fourth-order valence-corrected chi connectivity index (χ4v) is 5.16. The molecule has 8 nitrogen and oxygen atoms in total. The highest BCUT2D eigenvalue weighted by Gasteiger charge is 2.29. The molecule has 0 aliphatic rings. The van der Waals surface area contributed by atoms with Crippen LogP contribution in [0.2, 0.25) is 5.02 Å². The van der Waals surface area contributed by atoms with E-state index in [1.807, 2.05) is 32.0 Å². The van der Waals surface area contributed by atoms with E-state index < -0.39 is 16.1 Å². The van der Waals surface area contributed by atoms with Crippen LogP contribution in [-0.2, 0) is 26.2 Å². The van der Waals surface area contributed by atoms with Crippen LogP contribution in [0.1, 0.15) is 51.5 Å². The molecule has 0 saturated carbocycles. The van der Waals surface area contributed by atoms with Crippen LogP contribution >= 0.6 is 11.6 Å². The second-order valence-electron chi connectivity index (χ2n) is 8.82. The summed E-state index contributed by atoms with van der Waals surface area (Å²) in [6, 6.07) is 13.3. The van der Waals surface area contributed by atoms with Crippen molar-refractivity contribution in [3.8, 4) is 5.75 Å². The summed E-state index contributed by atoms with van der Waals surface area (Å²) in [6.07, 6.45) is 3.71. The number of carbonyl (C=O) groups excluding carboxylic acids is 2. The molecule has 0 radical (unpaired) electrons. The molecule has 1 atom stereocenters. The van der Waals surface area contributed by atoms with Crippen molar-refractivity contribution in [3.63, 3.8) is 0 Å². The Morgan fingerprint density at radius 2 is 1.81 bits per heavy atom. The third kappa shape index (κ3) is 9.23. The number of unbranched alkanes of at least 4 members (excludes halogenated alkanes) is 1. The van der Waals surface area contributed by atoms with Gasteiger partial charge in [-0.1, -0.05) is 56.1 Å². The topological polar surface area (TPSA) is 96.0 Å². The summed E-state index contributed by atoms with van der Waals surface area (Å²) in [5.41, 5.74) is 1.20. The van der Waals surface area contributed by atoms with Gasteiger partial charge in [0, 0.05) is 37.1 Å². The van der Waals surface area contributed by atoms with Crippen molar-refractivity contribution < 1.29 is 22.7 Å². The first kappa shape index (κ1) is 30.4. The van der Waals surface area contributed by atoms with Crippen LogP contribution in [0.4, 0.5) is 5.69 Å². The highest BCUT2D eigenvalue weighted by molar-refractivity contribution is 7.92. The van der Waals surface area contributed by atoms with Gasteiger partial charge in [-0.3, -0.25) is 13.9 Å². The van der Waals surface area contributed by atoms with E-state index >= 15 is 0 Å².